The summed E-state index contributed by atoms with van der Waals surface area (Å²) >= 11 is 3.25. The number of ether oxygens (including phenoxy) is 1. The molecular formula is C18H23NO4S2. The number of hydrogen-bond donors (Lipinski definition) is 2. The Morgan fingerprint density at radius 2 is 1.92 bits per heavy atom. The van der Waals surface area contributed by atoms with E-state index in [-0.39, 0.29) is 6.42 Å². The van der Waals surface area contributed by atoms with Crippen LogP contribution < -0.4 is 5.32 Å². The number of amides is 1. The van der Waals surface area contributed by atoms with Crippen LogP contribution in [0.2, 0.25) is 0 Å². The van der Waals surface area contributed by atoms with Gasteiger partial charge in [0.2, 0.25) is 0 Å². The van der Waals surface area contributed by atoms with E-state index in [0.29, 0.717) is 0 Å². The summed E-state index contributed by atoms with van der Waals surface area (Å²) in [5, 5.41) is 13.9. The molecule has 2 aromatic heterocycles. The molecule has 0 aromatic carbocycles. The van der Waals surface area contributed by atoms with Gasteiger partial charge < -0.3 is 15.2 Å². The first-order valence-electron chi connectivity index (χ1n) is 7.93. The van der Waals surface area contributed by atoms with E-state index in [0.717, 1.165) is 15.3 Å². The van der Waals surface area contributed by atoms with E-state index < -0.39 is 23.7 Å². The highest BCUT2D eigenvalue weighted by atomic mass is 32.1. The second-order valence-electron chi connectivity index (χ2n) is 6.90. The van der Waals surface area contributed by atoms with Crippen LogP contribution in [0.15, 0.2) is 17.5 Å². The maximum Gasteiger partial charge on any atom is 0.408 e. The molecule has 136 valence electrons. The smallest absolute Gasteiger partial charge is 0.408 e. The fraction of sp³-hybridized carbons (Fsp3) is 0.444. The molecule has 2 aromatic rings. The number of carboxylic acids is 1. The van der Waals surface area contributed by atoms with Crippen molar-refractivity contribution >= 4 is 34.7 Å². The summed E-state index contributed by atoms with van der Waals surface area (Å²) in [7, 11) is 0. The minimum absolute atomic E-state index is 0.227. The fourth-order valence-electron chi connectivity index (χ4n) is 2.33. The van der Waals surface area contributed by atoms with Crippen LogP contribution in [0.3, 0.4) is 0 Å². The summed E-state index contributed by atoms with van der Waals surface area (Å²) in [6.45, 7) is 9.29. The Labute approximate surface area is 155 Å². The van der Waals surface area contributed by atoms with E-state index in [1.807, 2.05) is 18.4 Å². The van der Waals surface area contributed by atoms with Crippen molar-refractivity contribution in [2.75, 3.05) is 0 Å². The van der Waals surface area contributed by atoms with Gasteiger partial charge in [-0.2, -0.15) is 0 Å². The van der Waals surface area contributed by atoms with Gasteiger partial charge in [-0.1, -0.05) is 0 Å². The lowest BCUT2D eigenvalue weighted by atomic mass is 10.1. The van der Waals surface area contributed by atoms with Crippen LogP contribution in [0.4, 0.5) is 4.79 Å². The predicted octanol–water partition coefficient (Wildman–Crippen LogP) is 4.61. The maximum atomic E-state index is 11.9. The Morgan fingerprint density at radius 1 is 1.24 bits per heavy atom. The Morgan fingerprint density at radius 3 is 2.44 bits per heavy atom. The number of carboxylic acid groups (broad SMARTS) is 1. The topological polar surface area (TPSA) is 75.6 Å². The quantitative estimate of drug-likeness (QED) is 0.793. The van der Waals surface area contributed by atoms with Crippen LogP contribution in [-0.4, -0.2) is 28.8 Å². The number of rotatable bonds is 5. The number of aryl methyl sites for hydroxylation is 2. The molecule has 0 aliphatic heterocycles. The standard InChI is InChI=1S/C18H23NO4S2/c1-10-6-7-24-14(10)15-11(2)8-12(25-15)9-13(16(20)21)19-17(22)23-18(3,4)5/h6-8,13H,9H2,1-5H3,(H,19,22)(H,20,21). The van der Waals surface area contributed by atoms with Crippen LogP contribution in [0, 0.1) is 13.8 Å². The van der Waals surface area contributed by atoms with Crippen molar-refractivity contribution in [3.05, 3.63) is 33.5 Å². The number of thiophene rings is 2. The molecule has 5 nitrogen and oxygen atoms in total. The van der Waals surface area contributed by atoms with Crippen molar-refractivity contribution in [2.24, 2.45) is 0 Å². The minimum atomic E-state index is -1.08. The summed E-state index contributed by atoms with van der Waals surface area (Å²) in [5.74, 6) is -1.08. The molecule has 0 spiro atoms. The van der Waals surface area contributed by atoms with Gasteiger partial charge in [0.05, 0.1) is 0 Å². The Hall–Kier alpha value is -1.86. The first-order chi connectivity index (χ1) is 11.6. The summed E-state index contributed by atoms with van der Waals surface area (Å²) in [6, 6.07) is 3.04. The average molecular weight is 382 g/mol. The highest BCUT2D eigenvalue weighted by Crippen LogP contribution is 2.38. The Kier molecular flexibility index (Phi) is 5.90. The van der Waals surface area contributed by atoms with E-state index >= 15 is 0 Å². The normalized spacial score (nSPS) is 12.7. The second-order valence-corrected chi connectivity index (χ2v) is 8.95. The zero-order chi connectivity index (χ0) is 18.8. The number of hydrogen-bond acceptors (Lipinski definition) is 5. The van der Waals surface area contributed by atoms with Gasteiger partial charge in [-0.3, -0.25) is 0 Å². The Balaban J connectivity index is 2.14. The molecule has 0 bridgehead atoms. The molecule has 2 N–H and O–H groups in total. The van der Waals surface area contributed by atoms with Gasteiger partial charge in [0.15, 0.2) is 0 Å². The lowest BCUT2D eigenvalue weighted by Crippen LogP contribution is -2.44. The van der Waals surface area contributed by atoms with E-state index in [4.69, 9.17) is 4.74 Å². The molecule has 0 radical (unpaired) electrons. The minimum Gasteiger partial charge on any atom is -0.480 e. The molecule has 0 saturated carbocycles. The van der Waals surface area contributed by atoms with Crippen molar-refractivity contribution in [1.29, 1.82) is 0 Å². The molecule has 7 heteroatoms. The molecule has 2 heterocycles. The van der Waals surface area contributed by atoms with Gasteiger partial charge in [-0.15, -0.1) is 22.7 Å². The van der Waals surface area contributed by atoms with Gasteiger partial charge in [0, 0.05) is 21.1 Å². The number of nitrogens with one attached hydrogen (secondary N) is 1. The van der Waals surface area contributed by atoms with Crippen LogP contribution in [0.5, 0.6) is 0 Å². The van der Waals surface area contributed by atoms with Crippen molar-refractivity contribution in [3.8, 4) is 9.75 Å². The summed E-state index contributed by atoms with van der Waals surface area (Å²) in [4.78, 5) is 26.7. The molecule has 1 unspecified atom stereocenters. The molecule has 0 aliphatic rings. The maximum absolute atomic E-state index is 11.9. The van der Waals surface area contributed by atoms with E-state index in [9.17, 15) is 14.7 Å². The van der Waals surface area contributed by atoms with Crippen molar-refractivity contribution in [1.82, 2.24) is 5.32 Å². The highest BCUT2D eigenvalue weighted by Gasteiger charge is 2.25. The highest BCUT2D eigenvalue weighted by molar-refractivity contribution is 7.21. The first kappa shape index (κ1) is 19.5. The number of carbonyl (C=O) groups is 2. The van der Waals surface area contributed by atoms with Gasteiger partial charge >= 0.3 is 12.1 Å². The molecule has 25 heavy (non-hydrogen) atoms. The van der Waals surface area contributed by atoms with Crippen LogP contribution >= 0.6 is 22.7 Å². The lowest BCUT2D eigenvalue weighted by Gasteiger charge is -2.21. The molecule has 0 saturated heterocycles. The number of carbonyl (C=O) groups excluding carboxylic acids is 1. The predicted molar refractivity (Wildman–Crippen MR) is 102 cm³/mol. The monoisotopic (exact) mass is 381 g/mol. The SMILES string of the molecule is Cc1ccsc1-c1sc(CC(NC(=O)OC(C)(C)C)C(=O)O)cc1C. The van der Waals surface area contributed by atoms with Gasteiger partial charge in [0.25, 0.3) is 0 Å². The molecule has 1 amide bonds. The average Bonchev–Trinajstić information content (AvgIpc) is 3.01. The van der Waals surface area contributed by atoms with E-state index in [2.05, 4.69) is 18.3 Å². The van der Waals surface area contributed by atoms with Crippen molar-refractivity contribution in [2.45, 2.75) is 52.7 Å². The Bertz CT molecular complexity index is 770. The third-order valence-corrected chi connectivity index (χ3v) is 5.87. The fourth-order valence-corrected chi connectivity index (χ4v) is 4.75. The van der Waals surface area contributed by atoms with E-state index in [1.165, 1.54) is 10.4 Å². The molecule has 0 fully saturated rings. The van der Waals surface area contributed by atoms with Crippen LogP contribution in [0.1, 0.15) is 36.8 Å². The third-order valence-electron chi connectivity index (χ3n) is 3.43. The number of alkyl carbamates (subject to hydrolysis) is 1. The summed E-state index contributed by atoms with van der Waals surface area (Å²) in [6.07, 6.45) is -0.493. The summed E-state index contributed by atoms with van der Waals surface area (Å²) in [5.41, 5.74) is 1.66. The largest absolute Gasteiger partial charge is 0.480 e. The van der Waals surface area contributed by atoms with E-state index in [1.54, 1.807) is 43.4 Å². The number of aliphatic carboxylic acids is 1. The van der Waals surface area contributed by atoms with Crippen molar-refractivity contribution in [3.63, 3.8) is 0 Å². The third kappa shape index (κ3) is 5.31. The van der Waals surface area contributed by atoms with Gasteiger partial charge in [0.1, 0.15) is 11.6 Å². The first-order valence-corrected chi connectivity index (χ1v) is 9.62. The second kappa shape index (κ2) is 7.58. The molecule has 0 aliphatic carbocycles. The lowest BCUT2D eigenvalue weighted by molar-refractivity contribution is -0.139. The van der Waals surface area contributed by atoms with Gasteiger partial charge in [-0.05, 0) is 63.3 Å². The zero-order valence-corrected chi connectivity index (χ0v) is 16.6. The molecule has 1 atom stereocenters. The molecular weight excluding hydrogens is 358 g/mol. The van der Waals surface area contributed by atoms with Crippen LogP contribution in [0.25, 0.3) is 9.75 Å². The molecule has 2 rings (SSSR count). The van der Waals surface area contributed by atoms with Gasteiger partial charge in [-0.25, -0.2) is 9.59 Å². The van der Waals surface area contributed by atoms with Crippen molar-refractivity contribution < 1.29 is 19.4 Å². The summed E-state index contributed by atoms with van der Waals surface area (Å²) < 4.78 is 5.15. The zero-order valence-electron chi connectivity index (χ0n) is 15.0. The van der Waals surface area contributed by atoms with Crippen LogP contribution in [-0.2, 0) is 16.0 Å².